The largest absolute Gasteiger partial charge is 0.354 e. The van der Waals surface area contributed by atoms with Gasteiger partial charge in [-0.05, 0) is 40.0 Å². The zero-order valence-electron chi connectivity index (χ0n) is 14.6. The van der Waals surface area contributed by atoms with Crippen LogP contribution in [0.3, 0.4) is 0 Å². The summed E-state index contributed by atoms with van der Waals surface area (Å²) in [4.78, 5) is 20.3. The van der Waals surface area contributed by atoms with Crippen LogP contribution in [0.25, 0.3) is 0 Å². The second-order valence-corrected chi connectivity index (χ2v) is 7.11. The van der Waals surface area contributed by atoms with Gasteiger partial charge in [-0.3, -0.25) is 9.69 Å². The van der Waals surface area contributed by atoms with Gasteiger partial charge in [-0.15, -0.1) is 0 Å². The molecule has 0 radical (unpaired) electrons. The van der Waals surface area contributed by atoms with Crippen LogP contribution in [-0.2, 0) is 4.79 Å². The first kappa shape index (κ1) is 17.1. The Kier molecular flexibility index (Phi) is 5.67. The first-order valence-corrected chi connectivity index (χ1v) is 8.40. The molecular formula is C16H31N5O. The third kappa shape index (κ3) is 4.87. The Hall–Kier alpha value is -1.30. The molecule has 1 saturated carbocycles. The molecule has 2 rings (SSSR count). The highest BCUT2D eigenvalue weighted by Gasteiger charge is 2.38. The number of amides is 1. The topological polar surface area (TPSA) is 60.0 Å². The molecule has 6 nitrogen and oxygen atoms in total. The summed E-state index contributed by atoms with van der Waals surface area (Å²) in [6.07, 6.45) is 3.83. The molecule has 2 aliphatic rings. The summed E-state index contributed by atoms with van der Waals surface area (Å²) < 4.78 is 0. The molecule has 0 spiro atoms. The van der Waals surface area contributed by atoms with Gasteiger partial charge in [0.2, 0.25) is 5.91 Å². The Morgan fingerprint density at radius 2 is 2.05 bits per heavy atom. The van der Waals surface area contributed by atoms with Gasteiger partial charge in [0.25, 0.3) is 0 Å². The molecule has 1 amide bonds. The Morgan fingerprint density at radius 3 is 2.59 bits per heavy atom. The van der Waals surface area contributed by atoms with Gasteiger partial charge in [-0.2, -0.15) is 0 Å². The maximum atomic E-state index is 11.7. The fourth-order valence-electron chi connectivity index (χ4n) is 2.96. The molecule has 1 aliphatic carbocycles. The molecule has 0 aromatic heterocycles. The SMILES string of the molecule is CC(C)NC(=NCC(=O)N(C)C)NC1CC(C)N(C2CC2)C1. The number of guanidine groups is 1. The number of nitrogens with zero attached hydrogens (tertiary/aromatic N) is 3. The van der Waals surface area contributed by atoms with Gasteiger partial charge in [0.15, 0.2) is 5.96 Å². The third-order valence-corrected chi connectivity index (χ3v) is 4.28. The van der Waals surface area contributed by atoms with Crippen LogP contribution in [0, 0.1) is 0 Å². The third-order valence-electron chi connectivity index (χ3n) is 4.28. The number of hydrogen-bond acceptors (Lipinski definition) is 3. The molecule has 2 unspecified atom stereocenters. The standard InChI is InChI=1S/C16H31N5O/c1-11(2)18-16(17-9-15(22)20(4)5)19-13-8-12(3)21(10-13)14-6-7-14/h11-14H,6-10H2,1-5H3,(H2,17,18,19). The van der Waals surface area contributed by atoms with Gasteiger partial charge < -0.3 is 15.5 Å². The minimum absolute atomic E-state index is 0.0178. The van der Waals surface area contributed by atoms with E-state index >= 15 is 0 Å². The van der Waals surface area contributed by atoms with E-state index in [0.717, 1.165) is 25.0 Å². The number of hydrogen-bond donors (Lipinski definition) is 2. The van der Waals surface area contributed by atoms with Crippen molar-refractivity contribution < 1.29 is 4.79 Å². The highest BCUT2D eigenvalue weighted by molar-refractivity contribution is 5.85. The number of aliphatic imine (C=N–C) groups is 1. The van der Waals surface area contributed by atoms with Crippen molar-refractivity contribution in [3.63, 3.8) is 0 Å². The van der Waals surface area contributed by atoms with Crippen LogP contribution in [0.4, 0.5) is 0 Å². The van der Waals surface area contributed by atoms with Gasteiger partial charge in [0.05, 0.1) is 0 Å². The van der Waals surface area contributed by atoms with Crippen molar-refractivity contribution in [2.45, 2.75) is 64.2 Å². The van der Waals surface area contributed by atoms with Gasteiger partial charge in [0, 0.05) is 44.8 Å². The Labute approximate surface area is 134 Å². The average Bonchev–Trinajstić information content (AvgIpc) is 3.19. The lowest BCUT2D eigenvalue weighted by molar-refractivity contribution is -0.127. The highest BCUT2D eigenvalue weighted by atomic mass is 16.2. The molecule has 1 heterocycles. The van der Waals surface area contributed by atoms with Gasteiger partial charge in [0.1, 0.15) is 6.54 Å². The van der Waals surface area contributed by atoms with Crippen LogP contribution < -0.4 is 10.6 Å². The molecule has 2 fully saturated rings. The average molecular weight is 309 g/mol. The van der Waals surface area contributed by atoms with Gasteiger partial charge in [-0.25, -0.2) is 4.99 Å². The predicted octanol–water partition coefficient (Wildman–Crippen LogP) is 0.643. The van der Waals surface area contributed by atoms with Crippen molar-refractivity contribution in [3.8, 4) is 0 Å². The van der Waals surface area contributed by atoms with Crippen molar-refractivity contribution >= 4 is 11.9 Å². The fraction of sp³-hybridized carbons (Fsp3) is 0.875. The molecule has 2 N–H and O–H groups in total. The molecular weight excluding hydrogens is 278 g/mol. The Bertz CT molecular complexity index is 417. The molecule has 0 aromatic carbocycles. The van der Waals surface area contributed by atoms with E-state index in [4.69, 9.17) is 0 Å². The first-order chi connectivity index (χ1) is 10.4. The first-order valence-electron chi connectivity index (χ1n) is 8.40. The molecule has 126 valence electrons. The fourth-order valence-corrected chi connectivity index (χ4v) is 2.96. The van der Waals surface area contributed by atoms with E-state index in [2.05, 4.69) is 41.3 Å². The van der Waals surface area contributed by atoms with Crippen LogP contribution in [-0.4, -0.2) is 73.0 Å². The monoisotopic (exact) mass is 309 g/mol. The number of nitrogens with one attached hydrogen (secondary N) is 2. The summed E-state index contributed by atoms with van der Waals surface area (Å²) in [5.74, 6) is 0.768. The van der Waals surface area contributed by atoms with Crippen molar-refractivity contribution in [2.75, 3.05) is 27.2 Å². The van der Waals surface area contributed by atoms with Crippen molar-refractivity contribution in [1.82, 2.24) is 20.4 Å². The number of carbonyl (C=O) groups excluding carboxylic acids is 1. The van der Waals surface area contributed by atoms with E-state index in [0.29, 0.717) is 18.1 Å². The van der Waals surface area contributed by atoms with Crippen molar-refractivity contribution in [1.29, 1.82) is 0 Å². The number of carbonyl (C=O) groups is 1. The zero-order chi connectivity index (χ0) is 16.3. The summed E-state index contributed by atoms with van der Waals surface area (Å²) in [5, 5.41) is 6.84. The van der Waals surface area contributed by atoms with E-state index in [1.54, 1.807) is 19.0 Å². The second-order valence-electron chi connectivity index (χ2n) is 7.11. The Balaban J connectivity index is 1.91. The normalized spacial score (nSPS) is 26.4. The minimum Gasteiger partial charge on any atom is -0.354 e. The molecule has 6 heteroatoms. The molecule has 2 atom stereocenters. The number of rotatable bonds is 5. The van der Waals surface area contributed by atoms with E-state index < -0.39 is 0 Å². The number of likely N-dealkylation sites (N-methyl/N-ethyl adjacent to an activating group) is 1. The summed E-state index contributed by atoms with van der Waals surface area (Å²) in [5.41, 5.74) is 0. The van der Waals surface area contributed by atoms with Crippen LogP contribution in [0.15, 0.2) is 4.99 Å². The van der Waals surface area contributed by atoms with E-state index in [1.807, 2.05) is 0 Å². The smallest absolute Gasteiger partial charge is 0.243 e. The molecule has 0 aromatic rings. The summed E-state index contributed by atoms with van der Waals surface area (Å²) >= 11 is 0. The summed E-state index contributed by atoms with van der Waals surface area (Å²) in [6.45, 7) is 7.73. The van der Waals surface area contributed by atoms with E-state index in [9.17, 15) is 4.79 Å². The highest BCUT2D eigenvalue weighted by Crippen LogP contribution is 2.33. The predicted molar refractivity (Wildman–Crippen MR) is 90.0 cm³/mol. The van der Waals surface area contributed by atoms with Crippen LogP contribution >= 0.6 is 0 Å². The maximum Gasteiger partial charge on any atom is 0.243 e. The van der Waals surface area contributed by atoms with Crippen LogP contribution in [0.5, 0.6) is 0 Å². The summed E-state index contributed by atoms with van der Waals surface area (Å²) in [7, 11) is 3.51. The molecule has 0 bridgehead atoms. The lowest BCUT2D eigenvalue weighted by atomic mass is 10.2. The minimum atomic E-state index is 0.0178. The van der Waals surface area contributed by atoms with E-state index in [1.165, 1.54) is 12.8 Å². The maximum absolute atomic E-state index is 11.7. The second kappa shape index (κ2) is 7.31. The number of likely N-dealkylation sites (tertiary alicyclic amines) is 1. The zero-order valence-corrected chi connectivity index (χ0v) is 14.6. The van der Waals surface area contributed by atoms with Gasteiger partial charge in [-0.1, -0.05) is 0 Å². The lowest BCUT2D eigenvalue weighted by Crippen LogP contribution is -2.47. The lowest BCUT2D eigenvalue weighted by Gasteiger charge is -2.21. The van der Waals surface area contributed by atoms with Crippen LogP contribution in [0.1, 0.15) is 40.0 Å². The van der Waals surface area contributed by atoms with Crippen LogP contribution in [0.2, 0.25) is 0 Å². The van der Waals surface area contributed by atoms with E-state index in [-0.39, 0.29) is 12.5 Å². The van der Waals surface area contributed by atoms with Crippen molar-refractivity contribution in [3.05, 3.63) is 0 Å². The molecule has 22 heavy (non-hydrogen) atoms. The van der Waals surface area contributed by atoms with Gasteiger partial charge >= 0.3 is 0 Å². The molecule has 1 aliphatic heterocycles. The quantitative estimate of drug-likeness (QED) is 0.578. The Morgan fingerprint density at radius 1 is 1.36 bits per heavy atom. The summed E-state index contributed by atoms with van der Waals surface area (Å²) in [6, 6.07) is 2.14. The van der Waals surface area contributed by atoms with Crippen molar-refractivity contribution in [2.24, 2.45) is 4.99 Å². The molecule has 1 saturated heterocycles.